The SMILES string of the molecule is Cc1ccccc1C(=O)NCCCN(C)C(=O)c1ccccc1C. The Morgan fingerprint density at radius 1 is 0.917 bits per heavy atom. The third-order valence-electron chi connectivity index (χ3n) is 4.07. The van der Waals surface area contributed by atoms with Gasteiger partial charge in [-0.1, -0.05) is 36.4 Å². The summed E-state index contributed by atoms with van der Waals surface area (Å²) >= 11 is 0. The summed E-state index contributed by atoms with van der Waals surface area (Å²) in [6.07, 6.45) is 0.714. The summed E-state index contributed by atoms with van der Waals surface area (Å²) in [6.45, 7) is 4.99. The van der Waals surface area contributed by atoms with Crippen molar-refractivity contribution < 1.29 is 9.59 Å². The van der Waals surface area contributed by atoms with Crippen LogP contribution in [0.15, 0.2) is 48.5 Å². The third-order valence-corrected chi connectivity index (χ3v) is 4.07. The molecule has 126 valence electrons. The standard InChI is InChI=1S/C20H24N2O2/c1-15-9-4-6-11-17(15)19(23)21-13-8-14-22(3)20(24)18-12-7-5-10-16(18)2/h4-7,9-12H,8,13-14H2,1-3H3,(H,21,23). The zero-order valence-corrected chi connectivity index (χ0v) is 14.5. The minimum atomic E-state index is -0.0685. The number of aryl methyl sites for hydroxylation is 2. The molecule has 0 aliphatic rings. The fourth-order valence-electron chi connectivity index (χ4n) is 2.56. The summed E-state index contributed by atoms with van der Waals surface area (Å²) in [5, 5.41) is 2.91. The predicted octanol–water partition coefficient (Wildman–Crippen LogP) is 3.20. The van der Waals surface area contributed by atoms with Gasteiger partial charge in [-0.05, 0) is 43.5 Å². The van der Waals surface area contributed by atoms with Crippen molar-refractivity contribution in [3.63, 3.8) is 0 Å². The van der Waals surface area contributed by atoms with Crippen molar-refractivity contribution in [3.05, 3.63) is 70.8 Å². The summed E-state index contributed by atoms with van der Waals surface area (Å²) in [4.78, 5) is 26.2. The van der Waals surface area contributed by atoms with Crippen LogP contribution >= 0.6 is 0 Å². The first-order chi connectivity index (χ1) is 11.5. The van der Waals surface area contributed by atoms with Gasteiger partial charge in [-0.3, -0.25) is 9.59 Å². The number of hydrogen-bond acceptors (Lipinski definition) is 2. The smallest absolute Gasteiger partial charge is 0.253 e. The van der Waals surface area contributed by atoms with Crippen LogP contribution in [-0.2, 0) is 0 Å². The van der Waals surface area contributed by atoms with Crippen LogP contribution in [0.1, 0.15) is 38.3 Å². The quantitative estimate of drug-likeness (QED) is 0.830. The lowest BCUT2D eigenvalue weighted by Crippen LogP contribution is -2.32. The van der Waals surface area contributed by atoms with Crippen molar-refractivity contribution in [3.8, 4) is 0 Å². The van der Waals surface area contributed by atoms with E-state index in [9.17, 15) is 9.59 Å². The molecule has 0 aliphatic carbocycles. The van der Waals surface area contributed by atoms with E-state index < -0.39 is 0 Å². The Bertz CT molecular complexity index is 725. The van der Waals surface area contributed by atoms with Crippen LogP contribution in [0.3, 0.4) is 0 Å². The molecule has 0 aromatic heterocycles. The first kappa shape index (κ1) is 17.7. The second-order valence-corrected chi connectivity index (χ2v) is 5.97. The number of amides is 2. The minimum absolute atomic E-state index is 0.0123. The van der Waals surface area contributed by atoms with Gasteiger partial charge in [0.05, 0.1) is 0 Å². The summed E-state index contributed by atoms with van der Waals surface area (Å²) in [7, 11) is 1.79. The number of benzene rings is 2. The molecule has 0 unspecified atom stereocenters. The number of hydrogen-bond donors (Lipinski definition) is 1. The molecule has 1 N–H and O–H groups in total. The molecule has 4 nitrogen and oxygen atoms in total. The Morgan fingerprint density at radius 3 is 2.04 bits per heavy atom. The predicted molar refractivity (Wildman–Crippen MR) is 96.3 cm³/mol. The first-order valence-corrected chi connectivity index (χ1v) is 8.15. The fraction of sp³-hybridized carbons (Fsp3) is 0.300. The molecule has 0 saturated heterocycles. The Balaban J connectivity index is 1.80. The molecule has 4 heteroatoms. The van der Waals surface area contributed by atoms with Crippen molar-refractivity contribution in [1.82, 2.24) is 10.2 Å². The van der Waals surface area contributed by atoms with Gasteiger partial charge in [0.2, 0.25) is 0 Å². The summed E-state index contributed by atoms with van der Waals surface area (Å²) in [5.74, 6) is -0.0562. The molecular formula is C20H24N2O2. The van der Waals surface area contributed by atoms with Crippen LogP contribution in [0.4, 0.5) is 0 Å². The molecule has 0 spiro atoms. The Kier molecular flexibility index (Phi) is 6.13. The Morgan fingerprint density at radius 2 is 1.46 bits per heavy atom. The lowest BCUT2D eigenvalue weighted by molar-refractivity contribution is 0.0792. The lowest BCUT2D eigenvalue weighted by atomic mass is 10.1. The van der Waals surface area contributed by atoms with Crippen LogP contribution in [0, 0.1) is 13.8 Å². The van der Waals surface area contributed by atoms with Gasteiger partial charge in [0.1, 0.15) is 0 Å². The highest BCUT2D eigenvalue weighted by Crippen LogP contribution is 2.10. The topological polar surface area (TPSA) is 49.4 Å². The lowest BCUT2D eigenvalue weighted by Gasteiger charge is -2.18. The molecule has 0 radical (unpaired) electrons. The van der Waals surface area contributed by atoms with Crippen LogP contribution in [0.5, 0.6) is 0 Å². The van der Waals surface area contributed by atoms with Crippen LogP contribution in [0.2, 0.25) is 0 Å². The van der Waals surface area contributed by atoms with E-state index in [0.29, 0.717) is 25.1 Å². The number of rotatable bonds is 6. The van der Waals surface area contributed by atoms with Gasteiger partial charge in [-0.15, -0.1) is 0 Å². The molecular weight excluding hydrogens is 300 g/mol. The van der Waals surface area contributed by atoms with Crippen molar-refractivity contribution >= 4 is 11.8 Å². The van der Waals surface area contributed by atoms with Crippen LogP contribution in [0.25, 0.3) is 0 Å². The van der Waals surface area contributed by atoms with Gasteiger partial charge in [0, 0.05) is 31.3 Å². The second kappa shape index (κ2) is 8.29. The normalized spacial score (nSPS) is 10.3. The van der Waals surface area contributed by atoms with Gasteiger partial charge in [0.15, 0.2) is 0 Å². The molecule has 0 bridgehead atoms. The molecule has 2 aromatic rings. The van der Waals surface area contributed by atoms with E-state index in [1.54, 1.807) is 11.9 Å². The molecule has 2 amide bonds. The van der Waals surface area contributed by atoms with E-state index in [4.69, 9.17) is 0 Å². The molecule has 24 heavy (non-hydrogen) atoms. The summed E-state index contributed by atoms with van der Waals surface area (Å²) < 4.78 is 0. The van der Waals surface area contributed by atoms with Crippen LogP contribution in [-0.4, -0.2) is 36.9 Å². The average Bonchev–Trinajstić information content (AvgIpc) is 2.58. The van der Waals surface area contributed by atoms with E-state index in [1.807, 2.05) is 62.4 Å². The number of nitrogens with one attached hydrogen (secondary N) is 1. The van der Waals surface area contributed by atoms with Crippen molar-refractivity contribution in [2.24, 2.45) is 0 Å². The number of carbonyl (C=O) groups is 2. The van der Waals surface area contributed by atoms with Gasteiger partial charge >= 0.3 is 0 Å². The third kappa shape index (κ3) is 4.44. The average molecular weight is 324 g/mol. The molecule has 2 rings (SSSR count). The van der Waals surface area contributed by atoms with E-state index in [1.165, 1.54) is 0 Å². The monoisotopic (exact) mass is 324 g/mol. The van der Waals surface area contributed by atoms with E-state index in [2.05, 4.69) is 5.32 Å². The molecule has 0 heterocycles. The first-order valence-electron chi connectivity index (χ1n) is 8.15. The molecule has 2 aromatic carbocycles. The maximum atomic E-state index is 12.4. The molecule has 0 fully saturated rings. The molecule has 0 aliphatic heterocycles. The highest BCUT2D eigenvalue weighted by Gasteiger charge is 2.13. The maximum Gasteiger partial charge on any atom is 0.253 e. The fourth-order valence-corrected chi connectivity index (χ4v) is 2.56. The highest BCUT2D eigenvalue weighted by molar-refractivity contribution is 5.96. The zero-order valence-electron chi connectivity index (χ0n) is 14.5. The van der Waals surface area contributed by atoms with Crippen LogP contribution < -0.4 is 5.32 Å². The second-order valence-electron chi connectivity index (χ2n) is 5.97. The summed E-state index contributed by atoms with van der Waals surface area (Å²) in [5.41, 5.74) is 3.36. The largest absolute Gasteiger partial charge is 0.352 e. The zero-order chi connectivity index (χ0) is 17.5. The van der Waals surface area contributed by atoms with Crippen molar-refractivity contribution in [1.29, 1.82) is 0 Å². The van der Waals surface area contributed by atoms with Gasteiger partial charge < -0.3 is 10.2 Å². The number of carbonyl (C=O) groups excluding carboxylic acids is 2. The van der Waals surface area contributed by atoms with Gasteiger partial charge in [0.25, 0.3) is 11.8 Å². The molecule has 0 saturated carbocycles. The number of nitrogens with zero attached hydrogens (tertiary/aromatic N) is 1. The highest BCUT2D eigenvalue weighted by atomic mass is 16.2. The van der Waals surface area contributed by atoms with E-state index in [0.717, 1.165) is 16.7 Å². The Hall–Kier alpha value is -2.62. The van der Waals surface area contributed by atoms with Crippen molar-refractivity contribution in [2.45, 2.75) is 20.3 Å². The Labute approximate surface area is 143 Å². The van der Waals surface area contributed by atoms with Gasteiger partial charge in [-0.25, -0.2) is 0 Å². The molecule has 0 atom stereocenters. The van der Waals surface area contributed by atoms with E-state index in [-0.39, 0.29) is 11.8 Å². The van der Waals surface area contributed by atoms with Crippen molar-refractivity contribution in [2.75, 3.05) is 20.1 Å². The van der Waals surface area contributed by atoms with Gasteiger partial charge in [-0.2, -0.15) is 0 Å². The maximum absolute atomic E-state index is 12.4. The van der Waals surface area contributed by atoms with E-state index >= 15 is 0 Å². The summed E-state index contributed by atoms with van der Waals surface area (Å²) in [6, 6.07) is 15.1. The minimum Gasteiger partial charge on any atom is -0.352 e.